The molecule has 0 unspecified atom stereocenters. The van der Waals surface area contributed by atoms with Gasteiger partial charge < -0.3 is 19.8 Å². The lowest BCUT2D eigenvalue weighted by Crippen LogP contribution is -2.45. The van der Waals surface area contributed by atoms with Crippen molar-refractivity contribution in [3.8, 4) is 17.6 Å². The van der Waals surface area contributed by atoms with E-state index in [1.54, 1.807) is 24.3 Å². The predicted octanol–water partition coefficient (Wildman–Crippen LogP) is 2.77. The van der Waals surface area contributed by atoms with Crippen LogP contribution >= 0.6 is 0 Å². The van der Waals surface area contributed by atoms with E-state index in [0.717, 1.165) is 36.2 Å². The SMILES string of the molecule is CN1CC[C@@H](NC(=O)c2ccc3c(c2)OCCO3)C[C@@H]1c1nc2ccc(C#N)cc2[nH]1. The fraction of sp³-hybridized carbons (Fsp3) is 0.348. The number of aromatic amines is 1. The van der Waals surface area contributed by atoms with Crippen molar-refractivity contribution in [2.75, 3.05) is 26.8 Å². The Morgan fingerprint density at radius 3 is 2.90 bits per heavy atom. The van der Waals surface area contributed by atoms with Gasteiger partial charge in [-0.1, -0.05) is 0 Å². The minimum atomic E-state index is -0.117. The van der Waals surface area contributed by atoms with Crippen LogP contribution in [0.15, 0.2) is 36.4 Å². The van der Waals surface area contributed by atoms with Crippen molar-refractivity contribution in [2.24, 2.45) is 0 Å². The first-order chi connectivity index (χ1) is 15.1. The Morgan fingerprint density at radius 1 is 1.23 bits per heavy atom. The zero-order chi connectivity index (χ0) is 21.4. The van der Waals surface area contributed by atoms with Gasteiger partial charge in [-0.05, 0) is 56.3 Å². The Bertz CT molecular complexity index is 1180. The third-order valence-electron chi connectivity index (χ3n) is 5.95. The van der Waals surface area contributed by atoms with Crippen LogP contribution in [-0.4, -0.2) is 53.6 Å². The van der Waals surface area contributed by atoms with Crippen molar-refractivity contribution in [2.45, 2.75) is 24.9 Å². The van der Waals surface area contributed by atoms with Gasteiger partial charge in [-0.2, -0.15) is 5.26 Å². The molecule has 1 saturated heterocycles. The maximum atomic E-state index is 12.9. The molecule has 0 bridgehead atoms. The number of carbonyl (C=O) groups is 1. The maximum Gasteiger partial charge on any atom is 0.251 e. The number of fused-ring (bicyclic) bond motifs is 2. The van der Waals surface area contributed by atoms with Crippen molar-refractivity contribution in [3.05, 3.63) is 53.3 Å². The number of nitrogens with zero attached hydrogens (tertiary/aromatic N) is 3. The first kappa shape index (κ1) is 19.4. The predicted molar refractivity (Wildman–Crippen MR) is 114 cm³/mol. The second-order valence-corrected chi connectivity index (χ2v) is 8.02. The van der Waals surface area contributed by atoms with Crippen LogP contribution < -0.4 is 14.8 Å². The zero-order valence-corrected chi connectivity index (χ0v) is 17.2. The highest BCUT2D eigenvalue weighted by Gasteiger charge is 2.30. The molecule has 5 rings (SSSR count). The Balaban J connectivity index is 1.31. The lowest BCUT2D eigenvalue weighted by atomic mass is 9.96. The summed E-state index contributed by atoms with van der Waals surface area (Å²) in [5, 5.41) is 12.3. The average molecular weight is 417 g/mol. The maximum absolute atomic E-state index is 12.9. The van der Waals surface area contributed by atoms with Crippen molar-refractivity contribution in [1.82, 2.24) is 20.2 Å². The second kappa shape index (κ2) is 7.93. The van der Waals surface area contributed by atoms with Gasteiger partial charge in [0, 0.05) is 18.2 Å². The average Bonchev–Trinajstić information content (AvgIpc) is 3.23. The first-order valence-corrected chi connectivity index (χ1v) is 10.4. The van der Waals surface area contributed by atoms with E-state index in [0.29, 0.717) is 35.8 Å². The van der Waals surface area contributed by atoms with Gasteiger partial charge in [-0.3, -0.25) is 9.69 Å². The molecule has 1 fully saturated rings. The summed E-state index contributed by atoms with van der Waals surface area (Å²) in [5.41, 5.74) is 2.85. The summed E-state index contributed by atoms with van der Waals surface area (Å²) in [7, 11) is 2.07. The molecule has 1 amide bonds. The van der Waals surface area contributed by atoms with E-state index in [1.165, 1.54) is 0 Å². The summed E-state index contributed by atoms with van der Waals surface area (Å²) in [6.07, 6.45) is 1.61. The van der Waals surface area contributed by atoms with Gasteiger partial charge in [-0.25, -0.2) is 4.98 Å². The summed E-state index contributed by atoms with van der Waals surface area (Å²) < 4.78 is 11.1. The van der Waals surface area contributed by atoms with E-state index in [-0.39, 0.29) is 18.0 Å². The van der Waals surface area contributed by atoms with Crippen molar-refractivity contribution >= 4 is 16.9 Å². The highest BCUT2D eigenvalue weighted by atomic mass is 16.6. The normalized spacial score (nSPS) is 20.9. The molecule has 0 radical (unpaired) electrons. The van der Waals surface area contributed by atoms with Crippen LogP contribution in [-0.2, 0) is 0 Å². The Hall–Kier alpha value is -3.57. The number of hydrogen-bond acceptors (Lipinski definition) is 6. The molecule has 8 nitrogen and oxygen atoms in total. The number of nitrogens with one attached hydrogen (secondary N) is 2. The van der Waals surface area contributed by atoms with Crippen LogP contribution in [0.3, 0.4) is 0 Å². The number of carbonyl (C=O) groups excluding carboxylic acids is 1. The molecule has 2 aliphatic rings. The number of H-pyrrole nitrogens is 1. The Kier molecular flexibility index (Phi) is 4.96. The summed E-state index contributed by atoms with van der Waals surface area (Å²) in [6.45, 7) is 1.86. The van der Waals surface area contributed by atoms with Gasteiger partial charge in [0.2, 0.25) is 0 Å². The fourth-order valence-electron chi connectivity index (χ4n) is 4.24. The summed E-state index contributed by atoms with van der Waals surface area (Å²) in [6, 6.07) is 13.0. The van der Waals surface area contributed by atoms with E-state index < -0.39 is 0 Å². The fourth-order valence-corrected chi connectivity index (χ4v) is 4.24. The highest BCUT2D eigenvalue weighted by Crippen LogP contribution is 2.32. The van der Waals surface area contributed by atoms with Crippen molar-refractivity contribution < 1.29 is 14.3 Å². The molecule has 0 saturated carbocycles. The zero-order valence-electron chi connectivity index (χ0n) is 17.2. The Labute approximate surface area is 179 Å². The molecule has 8 heteroatoms. The van der Waals surface area contributed by atoms with Gasteiger partial charge in [-0.15, -0.1) is 0 Å². The van der Waals surface area contributed by atoms with Gasteiger partial charge in [0.05, 0.1) is 28.7 Å². The Morgan fingerprint density at radius 2 is 2.06 bits per heavy atom. The molecular formula is C23H23N5O3. The van der Waals surface area contributed by atoms with Crippen LogP contribution in [0, 0.1) is 11.3 Å². The standard InChI is InChI=1S/C23H23N5O3/c1-28-7-6-16(25-23(29)15-3-5-20-21(11-15)31-9-8-30-20)12-19(28)22-26-17-4-2-14(13-24)10-18(17)27-22/h2-5,10-11,16,19H,6-9,12H2,1H3,(H,25,29)(H,26,27)/t16-,19-/m1/s1. The number of hydrogen-bond donors (Lipinski definition) is 2. The van der Waals surface area contributed by atoms with E-state index in [9.17, 15) is 4.79 Å². The number of benzene rings is 2. The van der Waals surface area contributed by atoms with Crippen molar-refractivity contribution in [3.63, 3.8) is 0 Å². The summed E-state index contributed by atoms with van der Waals surface area (Å²) in [4.78, 5) is 23.2. The lowest BCUT2D eigenvalue weighted by Gasteiger charge is -2.36. The summed E-state index contributed by atoms with van der Waals surface area (Å²) >= 11 is 0. The molecule has 2 aromatic carbocycles. The molecule has 0 spiro atoms. The van der Waals surface area contributed by atoms with Gasteiger partial charge in [0.1, 0.15) is 19.0 Å². The van der Waals surface area contributed by atoms with E-state index in [1.807, 2.05) is 12.1 Å². The van der Waals surface area contributed by atoms with Crippen LogP contribution in [0.4, 0.5) is 0 Å². The van der Waals surface area contributed by atoms with Crippen LogP contribution in [0.1, 0.15) is 40.6 Å². The molecule has 2 N–H and O–H groups in total. The molecule has 2 aliphatic heterocycles. The number of amides is 1. The molecule has 158 valence electrons. The molecular weight excluding hydrogens is 394 g/mol. The third-order valence-corrected chi connectivity index (χ3v) is 5.95. The number of imidazole rings is 1. The van der Waals surface area contributed by atoms with Gasteiger partial charge >= 0.3 is 0 Å². The minimum Gasteiger partial charge on any atom is -0.486 e. The number of rotatable bonds is 3. The molecule has 3 aromatic rings. The summed E-state index contributed by atoms with van der Waals surface area (Å²) in [5.74, 6) is 2.02. The number of nitriles is 1. The third kappa shape index (κ3) is 3.80. The van der Waals surface area contributed by atoms with Gasteiger partial charge in [0.15, 0.2) is 11.5 Å². The molecule has 2 atom stereocenters. The minimum absolute atomic E-state index is 0.0322. The number of piperidine rings is 1. The topological polar surface area (TPSA) is 103 Å². The van der Waals surface area contributed by atoms with E-state index in [4.69, 9.17) is 19.7 Å². The smallest absolute Gasteiger partial charge is 0.251 e. The quantitative estimate of drug-likeness (QED) is 0.679. The van der Waals surface area contributed by atoms with Crippen molar-refractivity contribution in [1.29, 1.82) is 5.26 Å². The van der Waals surface area contributed by atoms with E-state index in [2.05, 4.69) is 28.3 Å². The highest BCUT2D eigenvalue weighted by molar-refractivity contribution is 5.95. The van der Waals surface area contributed by atoms with Gasteiger partial charge in [0.25, 0.3) is 5.91 Å². The van der Waals surface area contributed by atoms with Crippen LogP contribution in [0.2, 0.25) is 0 Å². The number of aromatic nitrogens is 2. The molecule has 1 aromatic heterocycles. The monoisotopic (exact) mass is 417 g/mol. The first-order valence-electron chi connectivity index (χ1n) is 10.4. The molecule has 0 aliphatic carbocycles. The molecule has 3 heterocycles. The van der Waals surface area contributed by atoms with Crippen LogP contribution in [0.5, 0.6) is 11.5 Å². The lowest BCUT2D eigenvalue weighted by molar-refractivity contribution is 0.0883. The number of ether oxygens (including phenoxy) is 2. The van der Waals surface area contributed by atoms with E-state index >= 15 is 0 Å². The molecule has 31 heavy (non-hydrogen) atoms. The largest absolute Gasteiger partial charge is 0.486 e. The second-order valence-electron chi connectivity index (χ2n) is 8.02. The number of likely N-dealkylation sites (tertiary alicyclic amines) is 1. The van der Waals surface area contributed by atoms with Crippen LogP contribution in [0.25, 0.3) is 11.0 Å².